The highest BCUT2D eigenvalue weighted by Crippen LogP contribution is 2.32. The second-order valence-electron chi connectivity index (χ2n) is 13.0. The highest BCUT2D eigenvalue weighted by atomic mass is 16.6. The lowest BCUT2D eigenvalue weighted by Gasteiger charge is -2.47. The van der Waals surface area contributed by atoms with Gasteiger partial charge in [-0.15, -0.1) is 0 Å². The molecule has 10 N–H and O–H groups in total. The van der Waals surface area contributed by atoms with Crippen molar-refractivity contribution in [1.29, 1.82) is 5.26 Å². The van der Waals surface area contributed by atoms with Crippen LogP contribution in [0.5, 0.6) is 0 Å². The first-order valence-corrected chi connectivity index (χ1v) is 16.7. The molecule has 0 bridgehead atoms. The number of nitrogens with one attached hydrogen (secondary N) is 3. The maximum atomic E-state index is 12.4. The molecule has 16 atom stereocenters. The van der Waals surface area contributed by atoms with Gasteiger partial charge < -0.3 is 80.1 Å². The van der Waals surface area contributed by atoms with Crippen LogP contribution in [-0.4, -0.2) is 185 Å². The number of hydrogen-bond acceptors (Lipinski definition) is 17. The average molecular weight is 737 g/mol. The minimum atomic E-state index is -1.60. The van der Waals surface area contributed by atoms with Crippen molar-refractivity contribution in [1.82, 2.24) is 16.0 Å². The molecule has 0 spiro atoms. The summed E-state index contributed by atoms with van der Waals surface area (Å²) in [5.41, 5.74) is 0. The zero-order valence-corrected chi connectivity index (χ0v) is 28.9. The summed E-state index contributed by atoms with van der Waals surface area (Å²) in [6, 6.07) is -1.34. The van der Waals surface area contributed by atoms with Crippen molar-refractivity contribution < 1.29 is 78.6 Å². The fourth-order valence-electron chi connectivity index (χ4n) is 6.67. The fourth-order valence-corrected chi connectivity index (χ4v) is 6.67. The number of nitrogens with zero attached hydrogens (tertiary/aromatic N) is 1. The van der Waals surface area contributed by atoms with Crippen LogP contribution >= 0.6 is 0 Å². The zero-order chi connectivity index (χ0) is 38.0. The molecule has 292 valence electrons. The number of hydrogen-bond donors (Lipinski definition) is 10. The predicted molar refractivity (Wildman–Crippen MR) is 169 cm³/mol. The lowest BCUT2D eigenvalue weighted by Crippen LogP contribution is -2.66. The standard InChI is InChI=1S/C31H52N4O16/c1-13(5-32)48-30-18(10-47-11-22-24(33-14(2)39)29(44)28(43)21(8-38)50-22)20(7-37)49-23(25(30)34-15(3)40)12-46-9-17-19(6-36)51-31(45)26(27(17)42)35-16(4)41/h13,17-31,36-38,42-45H,6-12H2,1-4H3,(H,33,39)(H,34,40)(H,35,41)/t13?,17-,18-,19?,20?,21?,22+,23+,24?,25?,26?,27+,28-,29-,30+,31-/m1/s1. The summed E-state index contributed by atoms with van der Waals surface area (Å²) in [6.45, 7) is 2.35. The van der Waals surface area contributed by atoms with Crippen molar-refractivity contribution in [3.05, 3.63) is 0 Å². The van der Waals surface area contributed by atoms with Crippen LogP contribution in [0, 0.1) is 23.2 Å². The van der Waals surface area contributed by atoms with E-state index in [1.54, 1.807) is 0 Å². The van der Waals surface area contributed by atoms with Crippen molar-refractivity contribution in [3.63, 3.8) is 0 Å². The Bertz CT molecular complexity index is 1180. The van der Waals surface area contributed by atoms with Crippen LogP contribution in [0.2, 0.25) is 0 Å². The predicted octanol–water partition coefficient (Wildman–Crippen LogP) is -5.63. The molecule has 0 saturated carbocycles. The van der Waals surface area contributed by atoms with Crippen LogP contribution in [0.1, 0.15) is 27.7 Å². The van der Waals surface area contributed by atoms with Gasteiger partial charge in [-0.25, -0.2) is 0 Å². The number of aliphatic hydroxyl groups is 7. The third-order valence-corrected chi connectivity index (χ3v) is 9.14. The third-order valence-electron chi connectivity index (χ3n) is 9.14. The average Bonchev–Trinajstić information content (AvgIpc) is 3.07. The van der Waals surface area contributed by atoms with Crippen LogP contribution in [0.25, 0.3) is 0 Å². The van der Waals surface area contributed by atoms with Gasteiger partial charge in [0.2, 0.25) is 17.7 Å². The molecule has 0 aliphatic carbocycles. The van der Waals surface area contributed by atoms with Crippen molar-refractivity contribution in [2.75, 3.05) is 46.2 Å². The van der Waals surface area contributed by atoms with Crippen molar-refractivity contribution >= 4 is 17.7 Å². The highest BCUT2D eigenvalue weighted by Gasteiger charge is 2.50. The highest BCUT2D eigenvalue weighted by molar-refractivity contribution is 5.74. The van der Waals surface area contributed by atoms with Crippen LogP contribution in [0.15, 0.2) is 0 Å². The largest absolute Gasteiger partial charge is 0.394 e. The number of carbonyl (C=O) groups excluding carboxylic acids is 3. The van der Waals surface area contributed by atoms with Gasteiger partial charge in [0, 0.05) is 32.6 Å². The number of rotatable bonds is 16. The van der Waals surface area contributed by atoms with Gasteiger partial charge in [0.25, 0.3) is 0 Å². The Labute approximate surface area is 294 Å². The van der Waals surface area contributed by atoms with Crippen LogP contribution < -0.4 is 16.0 Å². The Kier molecular flexibility index (Phi) is 16.8. The van der Waals surface area contributed by atoms with Crippen LogP contribution in [0.4, 0.5) is 0 Å². The van der Waals surface area contributed by atoms with Crippen molar-refractivity contribution in [3.8, 4) is 6.07 Å². The van der Waals surface area contributed by atoms with E-state index in [2.05, 4.69) is 16.0 Å². The molecule has 3 saturated heterocycles. The van der Waals surface area contributed by atoms with E-state index in [9.17, 15) is 55.4 Å². The Hall–Kier alpha value is -2.62. The van der Waals surface area contributed by atoms with E-state index in [-0.39, 0.29) is 26.4 Å². The van der Waals surface area contributed by atoms with E-state index in [1.165, 1.54) is 27.7 Å². The van der Waals surface area contributed by atoms with E-state index in [0.29, 0.717) is 0 Å². The van der Waals surface area contributed by atoms with Gasteiger partial charge >= 0.3 is 0 Å². The molecule has 3 amide bonds. The summed E-state index contributed by atoms with van der Waals surface area (Å²) in [4.78, 5) is 35.9. The van der Waals surface area contributed by atoms with Gasteiger partial charge in [-0.1, -0.05) is 0 Å². The molecule has 0 aromatic carbocycles. The molecule has 20 nitrogen and oxygen atoms in total. The zero-order valence-electron chi connectivity index (χ0n) is 28.9. The summed E-state index contributed by atoms with van der Waals surface area (Å²) in [5, 5.41) is 89.3. The molecule has 3 rings (SSSR count). The van der Waals surface area contributed by atoms with Crippen LogP contribution in [-0.2, 0) is 42.8 Å². The van der Waals surface area contributed by atoms with Gasteiger partial charge in [0.15, 0.2) is 6.29 Å². The van der Waals surface area contributed by atoms with Gasteiger partial charge in [-0.2, -0.15) is 5.26 Å². The number of aliphatic hydroxyl groups excluding tert-OH is 7. The van der Waals surface area contributed by atoms with E-state index < -0.39 is 135 Å². The summed E-state index contributed by atoms with van der Waals surface area (Å²) >= 11 is 0. The summed E-state index contributed by atoms with van der Waals surface area (Å²) in [7, 11) is 0. The number of nitriles is 1. The second kappa shape index (κ2) is 20.0. The van der Waals surface area contributed by atoms with E-state index in [4.69, 9.17) is 28.4 Å². The van der Waals surface area contributed by atoms with Crippen LogP contribution in [0.3, 0.4) is 0 Å². The smallest absolute Gasteiger partial charge is 0.217 e. The maximum Gasteiger partial charge on any atom is 0.217 e. The molecule has 3 fully saturated rings. The van der Waals surface area contributed by atoms with Gasteiger partial charge in [-0.05, 0) is 6.92 Å². The first-order chi connectivity index (χ1) is 24.2. The summed E-state index contributed by atoms with van der Waals surface area (Å²) in [6.07, 6.45) is -13.3. The van der Waals surface area contributed by atoms with E-state index in [0.717, 1.165) is 0 Å². The van der Waals surface area contributed by atoms with Gasteiger partial charge in [0.05, 0.1) is 88.8 Å². The number of amides is 3. The maximum absolute atomic E-state index is 12.4. The summed E-state index contributed by atoms with van der Waals surface area (Å²) in [5.74, 6) is -3.30. The lowest BCUT2D eigenvalue weighted by atomic mass is 9.85. The Morgan fingerprint density at radius 2 is 1.12 bits per heavy atom. The molecule has 3 aliphatic heterocycles. The molecular formula is C31H52N4O16. The molecule has 0 aromatic rings. The minimum Gasteiger partial charge on any atom is -0.394 e. The molecular weight excluding hydrogens is 684 g/mol. The number of carbonyl (C=O) groups is 3. The van der Waals surface area contributed by atoms with Crippen molar-refractivity contribution in [2.24, 2.45) is 11.8 Å². The molecule has 0 radical (unpaired) electrons. The first-order valence-electron chi connectivity index (χ1n) is 16.7. The normalized spacial score (nSPS) is 39.0. The first kappa shape index (κ1) is 42.8. The quantitative estimate of drug-likeness (QED) is 0.0706. The monoisotopic (exact) mass is 736 g/mol. The lowest BCUT2D eigenvalue weighted by molar-refractivity contribution is -0.249. The van der Waals surface area contributed by atoms with Gasteiger partial charge in [0.1, 0.15) is 42.7 Å². The Balaban J connectivity index is 1.80. The van der Waals surface area contributed by atoms with Crippen molar-refractivity contribution in [2.45, 2.75) is 113 Å². The SMILES string of the molecule is CC(=O)NC1[C@H](COC[C@@H]2C(CO)O[C@@H](COC[C@@H]3C(CO)O[C@@H](O)C(NC(C)=O)[C@H]3O)C(NC(C)=O)[C@H]2OC(C)C#N)OC(CO)[C@@H](O)[C@@H]1O. The second-order valence-corrected chi connectivity index (χ2v) is 13.0. The third kappa shape index (κ3) is 11.2. The number of ether oxygens (including phenoxy) is 6. The Morgan fingerprint density at radius 1 is 0.647 bits per heavy atom. The molecule has 51 heavy (non-hydrogen) atoms. The van der Waals surface area contributed by atoms with Gasteiger partial charge in [-0.3, -0.25) is 14.4 Å². The van der Waals surface area contributed by atoms with E-state index in [1.807, 2.05) is 6.07 Å². The Morgan fingerprint density at radius 3 is 1.65 bits per heavy atom. The molecule has 7 unspecified atom stereocenters. The van der Waals surface area contributed by atoms with E-state index >= 15 is 0 Å². The molecule has 3 aliphatic rings. The molecule has 20 heteroatoms. The molecule has 3 heterocycles. The molecule has 0 aromatic heterocycles. The minimum absolute atomic E-state index is 0.219. The topological polar surface area (TPSA) is 308 Å². The summed E-state index contributed by atoms with van der Waals surface area (Å²) < 4.78 is 35.2. The fraction of sp³-hybridized carbons (Fsp3) is 0.871.